The average molecular weight is 106 g/mol. The van der Waals surface area contributed by atoms with E-state index in [1.165, 1.54) is 10.4 Å². The molecule has 1 rings (SSSR count). The molecule has 0 spiro atoms. The molecule has 0 aromatic carbocycles. The first-order chi connectivity index (χ1) is 3.84. The molecule has 0 aliphatic carbocycles. The standard InChI is InChI=1S/C5H4N3/c1-8-3-2-7-5(8)4-6/h2-3H,1H2/q-1. The van der Waals surface area contributed by atoms with Crippen LogP contribution in [-0.2, 0) is 0 Å². The molecule has 3 nitrogen and oxygen atoms in total. The molecule has 0 radical (unpaired) electrons. The molecule has 1 heterocycles. The summed E-state index contributed by atoms with van der Waals surface area (Å²) in [7, 11) is 0. The molecule has 3 heteroatoms. The molecule has 0 fully saturated rings. The lowest BCUT2D eigenvalue weighted by molar-refractivity contribution is -0.511. The van der Waals surface area contributed by atoms with Crippen LogP contribution >= 0.6 is 0 Å². The van der Waals surface area contributed by atoms with Gasteiger partial charge in [0.2, 0.25) is 0 Å². The molecule has 1 aromatic rings. The molecule has 0 aliphatic rings. The minimum atomic E-state index is 0.338. The lowest BCUT2D eigenvalue weighted by Gasteiger charge is -1.72. The summed E-state index contributed by atoms with van der Waals surface area (Å²) in [6.07, 6.45) is 3.16. The fourth-order valence-electron chi connectivity index (χ4n) is 0.422. The van der Waals surface area contributed by atoms with Crippen molar-refractivity contribution in [1.82, 2.24) is 4.98 Å². The van der Waals surface area contributed by atoms with E-state index >= 15 is 0 Å². The summed E-state index contributed by atoms with van der Waals surface area (Å²) in [5.74, 6) is 1.86. The van der Waals surface area contributed by atoms with E-state index < -0.39 is 0 Å². The number of aromatic nitrogens is 2. The van der Waals surface area contributed by atoms with Crippen LogP contribution in [0.1, 0.15) is 0 Å². The Morgan fingerprint density at radius 2 is 2.62 bits per heavy atom. The van der Waals surface area contributed by atoms with Crippen LogP contribution in [0.4, 0.5) is 0 Å². The number of hydrogen-bond acceptors (Lipinski definition) is 0. The van der Waals surface area contributed by atoms with Crippen LogP contribution in [0, 0.1) is 6.72 Å². The fraction of sp³-hybridized carbons (Fsp3) is 0. The lowest BCUT2D eigenvalue weighted by atomic mass is 10.9. The van der Waals surface area contributed by atoms with Crippen molar-refractivity contribution < 1.29 is 4.24 Å². The highest BCUT2D eigenvalue weighted by atomic mass is 14.9. The Kier molecular flexibility index (Phi) is 0.985. The number of imidazole rings is 1. The highest BCUT2D eigenvalue weighted by Gasteiger charge is 1.71. The number of rotatable bonds is 0. The zero-order valence-corrected chi connectivity index (χ0v) is 4.20. The zero-order chi connectivity index (χ0) is 5.98. The molecule has 8 heavy (non-hydrogen) atoms. The van der Waals surface area contributed by atoms with Gasteiger partial charge in [-0.25, -0.2) is 10.9 Å². The van der Waals surface area contributed by atoms with E-state index in [2.05, 4.69) is 11.7 Å². The van der Waals surface area contributed by atoms with Crippen molar-refractivity contribution >= 4 is 5.87 Å². The number of nitrogens with zero attached hydrogens (tertiary/aromatic N) is 3. The van der Waals surface area contributed by atoms with Crippen LogP contribution in [0.3, 0.4) is 0 Å². The monoisotopic (exact) mass is 106 g/mol. The Hall–Kier alpha value is -1.34. The van der Waals surface area contributed by atoms with Crippen molar-refractivity contribution in [1.29, 1.82) is 0 Å². The summed E-state index contributed by atoms with van der Waals surface area (Å²) in [4.78, 5) is 3.67. The van der Waals surface area contributed by atoms with E-state index in [0.29, 0.717) is 5.48 Å². The normalized spacial score (nSPS) is 8.50. The van der Waals surface area contributed by atoms with Crippen LogP contribution < -0.4 is 14.7 Å². The Balaban J connectivity index is 3.81. The molecule has 0 atom stereocenters. The van der Waals surface area contributed by atoms with Gasteiger partial charge in [0.05, 0.1) is 0 Å². The summed E-state index contributed by atoms with van der Waals surface area (Å²) in [5, 5.41) is 8.23. The molecule has 0 amide bonds. The van der Waals surface area contributed by atoms with Gasteiger partial charge in [0.15, 0.2) is 5.48 Å². The van der Waals surface area contributed by atoms with Crippen LogP contribution in [0.2, 0.25) is 0 Å². The van der Waals surface area contributed by atoms with Crippen molar-refractivity contribution in [2.75, 3.05) is 0 Å². The van der Waals surface area contributed by atoms with Gasteiger partial charge >= 0.3 is 0 Å². The third kappa shape index (κ3) is 0.549. The molecule has 0 saturated carbocycles. The Bertz CT molecular complexity index is 292. The van der Waals surface area contributed by atoms with Crippen LogP contribution in [0.15, 0.2) is 12.4 Å². The van der Waals surface area contributed by atoms with Crippen molar-refractivity contribution in [3.8, 4) is 0 Å². The second-order valence-corrected chi connectivity index (χ2v) is 1.33. The second-order valence-electron chi connectivity index (χ2n) is 1.33. The Morgan fingerprint density at radius 1 is 1.88 bits per heavy atom. The maximum atomic E-state index is 8.23. The molecule has 0 saturated heterocycles. The van der Waals surface area contributed by atoms with Crippen molar-refractivity contribution in [3.05, 3.63) is 30.0 Å². The summed E-state index contributed by atoms with van der Waals surface area (Å²) in [6, 6.07) is 0. The first kappa shape index (κ1) is 4.81. The number of hydrogen-bond donors (Lipinski definition) is 0. The SMILES string of the molecule is C=[n+]1cc[n-]c1=C=[N-]. The predicted molar refractivity (Wildman–Crippen MR) is 27.8 cm³/mol. The summed E-state index contributed by atoms with van der Waals surface area (Å²) in [6.45, 7) is 3.48. The molecule has 1 aromatic heterocycles. The van der Waals surface area contributed by atoms with E-state index in [4.69, 9.17) is 5.41 Å². The zero-order valence-electron chi connectivity index (χ0n) is 4.20. The first-order valence-corrected chi connectivity index (χ1v) is 2.09. The minimum absolute atomic E-state index is 0.338. The quantitative estimate of drug-likeness (QED) is 0.292. The largest absolute Gasteiger partial charge is 0.760 e. The van der Waals surface area contributed by atoms with Gasteiger partial charge in [-0.1, -0.05) is 0 Å². The van der Waals surface area contributed by atoms with Gasteiger partial charge in [-0.3, -0.25) is 0 Å². The summed E-state index contributed by atoms with van der Waals surface area (Å²) < 4.78 is 1.42. The van der Waals surface area contributed by atoms with E-state index in [1.54, 1.807) is 6.20 Å². The smallest absolute Gasteiger partial charge is 0.157 e. The molecule has 0 N–H and O–H groups in total. The van der Waals surface area contributed by atoms with Gasteiger partial charge in [-0.05, 0) is 6.72 Å². The van der Waals surface area contributed by atoms with Gasteiger partial charge in [-0.15, -0.1) is 0 Å². The first-order valence-electron chi connectivity index (χ1n) is 2.09. The van der Waals surface area contributed by atoms with Gasteiger partial charge in [0.25, 0.3) is 0 Å². The van der Waals surface area contributed by atoms with Gasteiger partial charge in [-0.2, -0.15) is 0 Å². The van der Waals surface area contributed by atoms with E-state index in [0.717, 1.165) is 0 Å². The van der Waals surface area contributed by atoms with Gasteiger partial charge in [0, 0.05) is 12.4 Å². The fourth-order valence-corrected chi connectivity index (χ4v) is 0.422. The molecular weight excluding hydrogens is 102 g/mol. The van der Waals surface area contributed by atoms with E-state index in [9.17, 15) is 0 Å². The third-order valence-corrected chi connectivity index (χ3v) is 0.815. The van der Waals surface area contributed by atoms with Crippen molar-refractivity contribution in [2.24, 2.45) is 0 Å². The van der Waals surface area contributed by atoms with Crippen molar-refractivity contribution in [3.63, 3.8) is 0 Å². The van der Waals surface area contributed by atoms with Crippen LogP contribution in [0.25, 0.3) is 5.41 Å². The van der Waals surface area contributed by atoms with E-state index in [1.807, 2.05) is 5.87 Å². The maximum Gasteiger partial charge on any atom is 0.157 e. The molecule has 0 aliphatic heterocycles. The topological polar surface area (TPSA) is 42.3 Å². The molecule has 0 bridgehead atoms. The Labute approximate surface area is 46.1 Å². The highest BCUT2D eigenvalue weighted by molar-refractivity contribution is 5.49. The van der Waals surface area contributed by atoms with Crippen LogP contribution in [0.5, 0.6) is 0 Å². The molecular formula is C5H4N3-. The maximum absolute atomic E-state index is 8.23. The highest BCUT2D eigenvalue weighted by Crippen LogP contribution is 1.47. The third-order valence-electron chi connectivity index (χ3n) is 0.815. The van der Waals surface area contributed by atoms with Crippen LogP contribution in [-0.4, -0.2) is 5.87 Å². The molecule has 0 unspecified atom stereocenters. The van der Waals surface area contributed by atoms with Gasteiger partial charge < -0.3 is 9.65 Å². The van der Waals surface area contributed by atoms with E-state index in [-0.39, 0.29) is 0 Å². The second kappa shape index (κ2) is 1.64. The van der Waals surface area contributed by atoms with Gasteiger partial charge in [0.1, 0.15) is 0 Å². The summed E-state index contributed by atoms with van der Waals surface area (Å²) in [5.41, 5.74) is 0.338. The lowest BCUT2D eigenvalue weighted by Crippen LogP contribution is -2.34. The van der Waals surface area contributed by atoms with Crippen molar-refractivity contribution in [2.45, 2.75) is 0 Å². The summed E-state index contributed by atoms with van der Waals surface area (Å²) >= 11 is 0. The Morgan fingerprint density at radius 3 is 2.88 bits per heavy atom. The average Bonchev–Trinajstić information content (AvgIpc) is 2.14. The minimum Gasteiger partial charge on any atom is -0.760 e. The predicted octanol–water partition coefficient (Wildman–Crippen LogP) is -1.52. The molecule has 40 valence electrons.